The van der Waals surface area contributed by atoms with Crippen LogP contribution in [0.15, 0.2) is 22.7 Å². The van der Waals surface area contributed by atoms with E-state index in [0.717, 1.165) is 33.9 Å². The third-order valence-corrected chi connectivity index (χ3v) is 3.11. The first-order valence-electron chi connectivity index (χ1n) is 5.60. The molecule has 0 saturated carbocycles. The highest BCUT2D eigenvalue weighted by Crippen LogP contribution is 2.22. The molecule has 0 aliphatic carbocycles. The summed E-state index contributed by atoms with van der Waals surface area (Å²) in [7, 11) is 0. The smallest absolute Gasteiger partial charge is 0.197 e. The Bertz CT molecular complexity index is 510. The average molecular weight is 343 g/mol. The highest BCUT2D eigenvalue weighted by Gasteiger charge is 2.09. The topological polar surface area (TPSA) is 51.0 Å². The summed E-state index contributed by atoms with van der Waals surface area (Å²) in [6, 6.07) is 3.88. The molecule has 0 unspecified atom stereocenters. The Morgan fingerprint density at radius 3 is 2.82 bits per heavy atom. The fraction of sp³-hybridized carbons (Fsp3) is 0.333. The third-order valence-electron chi connectivity index (χ3n) is 2.32. The maximum Gasteiger partial charge on any atom is 0.197 e. The van der Waals surface area contributed by atoms with E-state index < -0.39 is 0 Å². The fourth-order valence-electron chi connectivity index (χ4n) is 1.47. The van der Waals surface area contributed by atoms with Gasteiger partial charge in [-0.15, -0.1) is 0 Å². The van der Waals surface area contributed by atoms with Gasteiger partial charge in [-0.3, -0.25) is 0 Å². The summed E-state index contributed by atoms with van der Waals surface area (Å²) in [5.74, 6) is 3.15. The molecule has 0 atom stereocenters. The summed E-state index contributed by atoms with van der Waals surface area (Å²) in [4.78, 5) is 8.74. The summed E-state index contributed by atoms with van der Waals surface area (Å²) in [6.07, 6.45) is 2.68. The van der Waals surface area contributed by atoms with Gasteiger partial charge in [0.05, 0.1) is 3.57 Å². The molecule has 0 bridgehead atoms. The molecule has 17 heavy (non-hydrogen) atoms. The van der Waals surface area contributed by atoms with Crippen LogP contribution >= 0.6 is 22.6 Å². The van der Waals surface area contributed by atoms with Crippen LogP contribution in [0.4, 0.5) is 5.82 Å². The Morgan fingerprint density at radius 1 is 1.35 bits per heavy atom. The van der Waals surface area contributed by atoms with Crippen LogP contribution in [0, 0.1) is 3.57 Å². The van der Waals surface area contributed by atoms with Crippen LogP contribution in [0.5, 0.6) is 0 Å². The van der Waals surface area contributed by atoms with Crippen LogP contribution in [-0.2, 0) is 6.42 Å². The van der Waals surface area contributed by atoms with Crippen LogP contribution in [0.2, 0.25) is 0 Å². The molecule has 0 amide bonds. The number of hydrogen-bond acceptors (Lipinski definition) is 4. The Labute approximate surface area is 114 Å². The largest absolute Gasteiger partial charge is 0.458 e. The normalized spacial score (nSPS) is 10.5. The summed E-state index contributed by atoms with van der Waals surface area (Å²) < 4.78 is 6.65. The van der Waals surface area contributed by atoms with Crippen molar-refractivity contribution in [3.8, 4) is 11.6 Å². The fourth-order valence-corrected chi connectivity index (χ4v) is 1.92. The van der Waals surface area contributed by atoms with Gasteiger partial charge in [0.25, 0.3) is 0 Å². The molecule has 0 radical (unpaired) electrons. The molecule has 0 aromatic carbocycles. The van der Waals surface area contributed by atoms with Crippen molar-refractivity contribution < 1.29 is 4.42 Å². The van der Waals surface area contributed by atoms with E-state index in [-0.39, 0.29) is 0 Å². The average Bonchev–Trinajstić information content (AvgIpc) is 2.81. The van der Waals surface area contributed by atoms with Gasteiger partial charge in [-0.25, -0.2) is 9.97 Å². The molecule has 2 heterocycles. The summed E-state index contributed by atoms with van der Waals surface area (Å²) in [5.41, 5.74) is 0. The van der Waals surface area contributed by atoms with E-state index in [1.807, 2.05) is 19.1 Å². The van der Waals surface area contributed by atoms with Gasteiger partial charge in [-0.2, -0.15) is 0 Å². The zero-order valence-corrected chi connectivity index (χ0v) is 12.0. The second kappa shape index (κ2) is 5.48. The molecule has 1 N–H and O–H groups in total. The van der Waals surface area contributed by atoms with Gasteiger partial charge < -0.3 is 9.73 Å². The molecule has 5 heteroatoms. The monoisotopic (exact) mass is 343 g/mol. The van der Waals surface area contributed by atoms with Crippen molar-refractivity contribution in [1.29, 1.82) is 0 Å². The van der Waals surface area contributed by atoms with Crippen LogP contribution in [0.25, 0.3) is 11.6 Å². The highest BCUT2D eigenvalue weighted by atomic mass is 127. The second-order valence-electron chi connectivity index (χ2n) is 3.54. The van der Waals surface area contributed by atoms with Gasteiger partial charge in [0.15, 0.2) is 11.6 Å². The van der Waals surface area contributed by atoms with Crippen molar-refractivity contribution in [2.45, 2.75) is 20.3 Å². The van der Waals surface area contributed by atoms with E-state index >= 15 is 0 Å². The molecule has 2 rings (SSSR count). The Balaban J connectivity index is 2.35. The summed E-state index contributed by atoms with van der Waals surface area (Å²) in [6.45, 7) is 4.94. The lowest BCUT2D eigenvalue weighted by Crippen LogP contribution is -2.03. The number of aryl methyl sites for hydroxylation is 1. The minimum Gasteiger partial charge on any atom is -0.458 e. The van der Waals surface area contributed by atoms with Crippen LogP contribution < -0.4 is 5.32 Å². The zero-order valence-electron chi connectivity index (χ0n) is 9.83. The quantitative estimate of drug-likeness (QED) is 0.866. The van der Waals surface area contributed by atoms with E-state index in [0.29, 0.717) is 5.82 Å². The Morgan fingerprint density at radius 2 is 2.18 bits per heavy atom. The minimum atomic E-state index is 0.626. The van der Waals surface area contributed by atoms with Crippen LogP contribution in [-0.4, -0.2) is 16.5 Å². The van der Waals surface area contributed by atoms with Gasteiger partial charge in [0.2, 0.25) is 0 Å². The first-order chi connectivity index (χ1) is 8.24. The van der Waals surface area contributed by atoms with Crippen molar-refractivity contribution in [3.05, 3.63) is 27.7 Å². The minimum absolute atomic E-state index is 0.626. The molecular formula is C12H14IN3O. The van der Waals surface area contributed by atoms with Crippen molar-refractivity contribution in [2.75, 3.05) is 11.9 Å². The standard InChI is InChI=1S/C12H14IN3O/c1-3-8-5-6-10(17-8)12-15-7-9(13)11(16-12)14-4-2/h5-7H,3-4H2,1-2H3,(H,14,15,16). The second-order valence-corrected chi connectivity index (χ2v) is 4.70. The van der Waals surface area contributed by atoms with Crippen molar-refractivity contribution >= 4 is 28.4 Å². The molecule has 0 fully saturated rings. The number of nitrogens with zero attached hydrogens (tertiary/aromatic N) is 2. The van der Waals surface area contributed by atoms with E-state index in [9.17, 15) is 0 Å². The number of nitrogens with one attached hydrogen (secondary N) is 1. The van der Waals surface area contributed by atoms with Gasteiger partial charge in [-0.1, -0.05) is 6.92 Å². The number of rotatable bonds is 4. The summed E-state index contributed by atoms with van der Waals surface area (Å²) in [5, 5.41) is 3.21. The summed E-state index contributed by atoms with van der Waals surface area (Å²) >= 11 is 2.21. The maximum atomic E-state index is 5.64. The predicted molar refractivity (Wildman–Crippen MR) is 76.0 cm³/mol. The molecule has 2 aromatic heterocycles. The van der Waals surface area contributed by atoms with Crippen molar-refractivity contribution in [3.63, 3.8) is 0 Å². The van der Waals surface area contributed by atoms with Crippen molar-refractivity contribution in [1.82, 2.24) is 9.97 Å². The Hall–Kier alpha value is -1.11. The molecule has 0 spiro atoms. The number of halogens is 1. The molecule has 0 saturated heterocycles. The zero-order chi connectivity index (χ0) is 12.3. The molecular weight excluding hydrogens is 329 g/mol. The SMILES string of the molecule is CCNc1nc(-c2ccc(CC)o2)ncc1I. The van der Waals surface area contributed by atoms with Gasteiger partial charge >= 0.3 is 0 Å². The van der Waals surface area contributed by atoms with E-state index in [4.69, 9.17) is 4.42 Å². The number of hydrogen-bond donors (Lipinski definition) is 1. The lowest BCUT2D eigenvalue weighted by molar-refractivity contribution is 0.525. The highest BCUT2D eigenvalue weighted by molar-refractivity contribution is 14.1. The molecule has 90 valence electrons. The van der Waals surface area contributed by atoms with Crippen molar-refractivity contribution in [2.24, 2.45) is 0 Å². The van der Waals surface area contributed by atoms with Gasteiger partial charge in [0.1, 0.15) is 11.6 Å². The first-order valence-corrected chi connectivity index (χ1v) is 6.68. The van der Waals surface area contributed by atoms with Crippen LogP contribution in [0.1, 0.15) is 19.6 Å². The van der Waals surface area contributed by atoms with Gasteiger partial charge in [-0.05, 0) is 41.6 Å². The molecule has 4 nitrogen and oxygen atoms in total. The maximum absolute atomic E-state index is 5.64. The Kier molecular flexibility index (Phi) is 3.98. The van der Waals surface area contributed by atoms with E-state index in [2.05, 4.69) is 44.8 Å². The lowest BCUT2D eigenvalue weighted by Gasteiger charge is -2.05. The first kappa shape index (κ1) is 12.3. The number of anilines is 1. The molecule has 0 aliphatic heterocycles. The number of aromatic nitrogens is 2. The van der Waals surface area contributed by atoms with E-state index in [1.165, 1.54) is 0 Å². The van der Waals surface area contributed by atoms with Crippen LogP contribution in [0.3, 0.4) is 0 Å². The molecule has 0 aliphatic rings. The third kappa shape index (κ3) is 2.77. The van der Waals surface area contributed by atoms with E-state index in [1.54, 1.807) is 6.20 Å². The lowest BCUT2D eigenvalue weighted by atomic mass is 10.3. The number of furan rings is 1. The van der Waals surface area contributed by atoms with Gasteiger partial charge in [0, 0.05) is 19.2 Å². The molecule has 2 aromatic rings. The predicted octanol–water partition coefficient (Wildman–Crippen LogP) is 3.34.